The van der Waals surface area contributed by atoms with Crippen LogP contribution in [0.1, 0.15) is 37.6 Å². The molecular formula is C17H24BrN3O4. The van der Waals surface area contributed by atoms with Crippen molar-refractivity contribution in [3.05, 3.63) is 34.3 Å². The Morgan fingerprint density at radius 2 is 1.76 bits per heavy atom. The summed E-state index contributed by atoms with van der Waals surface area (Å²) in [4.78, 5) is 34.9. The number of ether oxygens (including phenoxy) is 1. The summed E-state index contributed by atoms with van der Waals surface area (Å²) in [7, 11) is 0. The van der Waals surface area contributed by atoms with Crippen molar-refractivity contribution in [1.29, 1.82) is 0 Å². The van der Waals surface area contributed by atoms with Gasteiger partial charge in [0.2, 0.25) is 5.91 Å². The second-order valence-electron chi connectivity index (χ2n) is 6.33. The zero-order chi connectivity index (χ0) is 18.9. The van der Waals surface area contributed by atoms with Gasteiger partial charge < -0.3 is 20.7 Å². The van der Waals surface area contributed by atoms with Gasteiger partial charge in [0.1, 0.15) is 5.60 Å². The first kappa shape index (κ1) is 21.0. The van der Waals surface area contributed by atoms with E-state index in [2.05, 4.69) is 31.9 Å². The van der Waals surface area contributed by atoms with Crippen molar-refractivity contribution in [3.63, 3.8) is 0 Å². The molecular weight excluding hydrogens is 390 g/mol. The van der Waals surface area contributed by atoms with Gasteiger partial charge in [-0.05, 0) is 45.4 Å². The van der Waals surface area contributed by atoms with E-state index in [1.807, 2.05) is 6.07 Å². The third-order valence-electron chi connectivity index (χ3n) is 2.84. The smallest absolute Gasteiger partial charge is 0.408 e. The van der Waals surface area contributed by atoms with Gasteiger partial charge in [-0.15, -0.1) is 0 Å². The van der Waals surface area contributed by atoms with Crippen molar-refractivity contribution >= 4 is 33.8 Å². The van der Waals surface area contributed by atoms with Crippen LogP contribution in [0.5, 0.6) is 0 Å². The Labute approximate surface area is 156 Å². The molecule has 25 heavy (non-hydrogen) atoms. The molecule has 0 saturated carbocycles. The standard InChI is InChI=1S/C17H24BrN3O4/c1-17(2,3)25-16(24)21-11-14(22)19-8-5-9-20-15(23)12-6-4-7-13(18)10-12/h4,6-7,10H,5,8-9,11H2,1-3H3,(H,19,22)(H,20,23)(H,21,24). The Kier molecular flexibility index (Phi) is 8.40. The fourth-order valence-electron chi connectivity index (χ4n) is 1.78. The fraction of sp³-hybridized carbons (Fsp3) is 0.471. The average Bonchev–Trinajstić information content (AvgIpc) is 2.50. The number of carbonyl (C=O) groups is 3. The minimum atomic E-state index is -0.635. The van der Waals surface area contributed by atoms with E-state index in [4.69, 9.17) is 4.74 Å². The van der Waals surface area contributed by atoms with Gasteiger partial charge in [0.05, 0.1) is 6.54 Å². The summed E-state index contributed by atoms with van der Waals surface area (Å²) in [5, 5.41) is 7.81. The molecule has 0 heterocycles. The van der Waals surface area contributed by atoms with Crippen LogP contribution in [0.25, 0.3) is 0 Å². The SMILES string of the molecule is CC(C)(C)OC(=O)NCC(=O)NCCCNC(=O)c1cccc(Br)c1. The second kappa shape index (κ2) is 10.0. The van der Waals surface area contributed by atoms with Gasteiger partial charge in [-0.2, -0.15) is 0 Å². The number of rotatable bonds is 7. The number of hydrogen-bond acceptors (Lipinski definition) is 4. The summed E-state index contributed by atoms with van der Waals surface area (Å²) in [5.41, 5.74) is -0.0346. The van der Waals surface area contributed by atoms with Crippen molar-refractivity contribution < 1.29 is 19.1 Å². The maximum absolute atomic E-state index is 11.9. The topological polar surface area (TPSA) is 96.5 Å². The maximum atomic E-state index is 11.9. The fourth-order valence-corrected chi connectivity index (χ4v) is 2.18. The van der Waals surface area contributed by atoms with Crippen LogP contribution < -0.4 is 16.0 Å². The molecule has 0 fully saturated rings. The minimum Gasteiger partial charge on any atom is -0.444 e. The number of carbonyl (C=O) groups excluding carboxylic acids is 3. The van der Waals surface area contributed by atoms with E-state index in [1.165, 1.54) is 0 Å². The Morgan fingerprint density at radius 1 is 1.08 bits per heavy atom. The van der Waals surface area contributed by atoms with Gasteiger partial charge in [0.25, 0.3) is 5.91 Å². The van der Waals surface area contributed by atoms with Crippen molar-refractivity contribution in [1.82, 2.24) is 16.0 Å². The highest BCUT2D eigenvalue weighted by Crippen LogP contribution is 2.11. The molecule has 1 aromatic rings. The van der Waals surface area contributed by atoms with Crippen LogP contribution in [-0.4, -0.2) is 43.1 Å². The van der Waals surface area contributed by atoms with Crippen LogP contribution in [0.4, 0.5) is 4.79 Å². The van der Waals surface area contributed by atoms with Crippen LogP contribution in [0, 0.1) is 0 Å². The highest BCUT2D eigenvalue weighted by Gasteiger charge is 2.16. The largest absolute Gasteiger partial charge is 0.444 e. The van der Waals surface area contributed by atoms with E-state index in [0.717, 1.165) is 4.47 Å². The monoisotopic (exact) mass is 413 g/mol. The van der Waals surface area contributed by atoms with E-state index in [0.29, 0.717) is 25.1 Å². The molecule has 3 N–H and O–H groups in total. The first-order valence-electron chi connectivity index (χ1n) is 7.95. The number of alkyl carbamates (subject to hydrolysis) is 1. The van der Waals surface area contributed by atoms with Crippen LogP contribution >= 0.6 is 15.9 Å². The van der Waals surface area contributed by atoms with Gasteiger partial charge in [-0.3, -0.25) is 9.59 Å². The molecule has 0 unspecified atom stereocenters. The molecule has 138 valence electrons. The summed E-state index contributed by atoms with van der Waals surface area (Å²) in [5.74, 6) is -0.483. The van der Waals surface area contributed by atoms with Crippen LogP contribution in [0.3, 0.4) is 0 Å². The Bertz CT molecular complexity index is 614. The van der Waals surface area contributed by atoms with E-state index in [-0.39, 0.29) is 18.4 Å². The lowest BCUT2D eigenvalue weighted by Gasteiger charge is -2.19. The normalized spacial score (nSPS) is 10.7. The zero-order valence-corrected chi connectivity index (χ0v) is 16.2. The number of amides is 3. The molecule has 0 bridgehead atoms. The van der Waals surface area contributed by atoms with Gasteiger partial charge in [-0.25, -0.2) is 4.79 Å². The third kappa shape index (κ3) is 9.71. The average molecular weight is 414 g/mol. The number of halogens is 1. The first-order valence-corrected chi connectivity index (χ1v) is 8.74. The van der Waals surface area contributed by atoms with E-state index in [9.17, 15) is 14.4 Å². The number of benzene rings is 1. The predicted molar refractivity (Wildman–Crippen MR) is 98.3 cm³/mol. The van der Waals surface area contributed by atoms with Crippen molar-refractivity contribution in [2.24, 2.45) is 0 Å². The summed E-state index contributed by atoms with van der Waals surface area (Å²) >= 11 is 3.31. The highest BCUT2D eigenvalue weighted by molar-refractivity contribution is 9.10. The molecule has 0 atom stereocenters. The number of nitrogens with one attached hydrogen (secondary N) is 3. The van der Waals surface area contributed by atoms with Crippen molar-refractivity contribution in [3.8, 4) is 0 Å². The lowest BCUT2D eigenvalue weighted by atomic mass is 10.2. The van der Waals surface area contributed by atoms with E-state index >= 15 is 0 Å². The van der Waals surface area contributed by atoms with Crippen LogP contribution in [0.2, 0.25) is 0 Å². The first-order chi connectivity index (χ1) is 11.7. The van der Waals surface area contributed by atoms with Gasteiger partial charge >= 0.3 is 6.09 Å². The van der Waals surface area contributed by atoms with E-state index in [1.54, 1.807) is 39.0 Å². The van der Waals surface area contributed by atoms with Gasteiger partial charge in [-0.1, -0.05) is 22.0 Å². The van der Waals surface area contributed by atoms with Crippen LogP contribution in [0.15, 0.2) is 28.7 Å². The molecule has 7 nitrogen and oxygen atoms in total. The minimum absolute atomic E-state index is 0.153. The summed E-state index contributed by atoms with van der Waals surface area (Å²) in [6.45, 7) is 5.91. The maximum Gasteiger partial charge on any atom is 0.408 e. The Balaban J connectivity index is 2.14. The van der Waals surface area contributed by atoms with Crippen molar-refractivity contribution in [2.45, 2.75) is 32.8 Å². The molecule has 1 aromatic carbocycles. The highest BCUT2D eigenvalue weighted by atomic mass is 79.9. The van der Waals surface area contributed by atoms with Crippen LogP contribution in [-0.2, 0) is 9.53 Å². The molecule has 8 heteroatoms. The predicted octanol–water partition coefficient (Wildman–Crippen LogP) is 2.21. The molecule has 0 aliphatic heterocycles. The summed E-state index contributed by atoms with van der Waals surface area (Å²) in [6, 6.07) is 7.10. The Hall–Kier alpha value is -2.09. The Morgan fingerprint density at radius 3 is 2.40 bits per heavy atom. The molecule has 1 rings (SSSR count). The molecule has 0 saturated heterocycles. The summed E-state index contributed by atoms with van der Waals surface area (Å²) in [6.07, 6.45) is -0.0540. The number of hydrogen-bond donors (Lipinski definition) is 3. The quantitative estimate of drug-likeness (QED) is 0.596. The lowest BCUT2D eigenvalue weighted by Crippen LogP contribution is -2.40. The third-order valence-corrected chi connectivity index (χ3v) is 3.33. The molecule has 3 amide bonds. The lowest BCUT2D eigenvalue weighted by molar-refractivity contribution is -0.120. The second-order valence-corrected chi connectivity index (χ2v) is 7.24. The van der Waals surface area contributed by atoms with Gasteiger partial charge in [0, 0.05) is 23.1 Å². The molecule has 0 radical (unpaired) electrons. The van der Waals surface area contributed by atoms with Gasteiger partial charge in [0.15, 0.2) is 0 Å². The van der Waals surface area contributed by atoms with E-state index < -0.39 is 11.7 Å². The zero-order valence-electron chi connectivity index (χ0n) is 14.6. The van der Waals surface area contributed by atoms with Crippen molar-refractivity contribution in [2.75, 3.05) is 19.6 Å². The molecule has 0 aliphatic carbocycles. The summed E-state index contributed by atoms with van der Waals surface area (Å²) < 4.78 is 5.86. The molecule has 0 aromatic heterocycles. The molecule has 0 aliphatic rings. The molecule has 0 spiro atoms.